The summed E-state index contributed by atoms with van der Waals surface area (Å²) in [4.78, 5) is 13.3. The Morgan fingerprint density at radius 2 is 1.41 bits per heavy atom. The molecule has 226 valence electrons. The van der Waals surface area contributed by atoms with Gasteiger partial charge >= 0.3 is 0 Å². The van der Waals surface area contributed by atoms with Gasteiger partial charge in [0.15, 0.2) is 5.78 Å². The van der Waals surface area contributed by atoms with Gasteiger partial charge in [-0.15, -0.1) is 10.2 Å². The summed E-state index contributed by atoms with van der Waals surface area (Å²) >= 11 is 0. The molecule has 4 aromatic rings. The summed E-state index contributed by atoms with van der Waals surface area (Å²) in [6.07, 6.45) is 19.1. The number of hydrogen-bond donors (Lipinski definition) is 0. The highest BCUT2D eigenvalue weighted by molar-refractivity contribution is 6.08. The number of nitrogens with zero attached hydrogens (tertiary/aromatic N) is 7. The fraction of sp³-hybridized carbons (Fsp3) is 0.412. The van der Waals surface area contributed by atoms with Crippen LogP contribution in [0.3, 0.4) is 0 Å². The molecule has 2 aliphatic rings. The van der Waals surface area contributed by atoms with Gasteiger partial charge in [-0.25, -0.2) is 9.36 Å². The van der Waals surface area contributed by atoms with Gasteiger partial charge in [-0.2, -0.15) is 5.26 Å². The lowest BCUT2D eigenvalue weighted by Crippen LogP contribution is -2.13. The molecular weight excluding hydrogens is 554 g/mol. The summed E-state index contributed by atoms with van der Waals surface area (Å²) in [6, 6.07) is 15.2. The van der Waals surface area contributed by atoms with E-state index in [4.69, 9.17) is 14.7 Å². The standard InChI is InChI=1S/C34H37N7O3/c35-20-26-13-11-25(12-14-26)15-18-33(42)32-17-16-31(43-23-27-21-40(38-36-27)29-7-3-1-4-8-29)19-34(32)44-24-28-22-41(39-37-28)30-9-5-2-6-10-30/h11-19,21-22,29-30H,1-10,23-24H2/b18-15+. The summed E-state index contributed by atoms with van der Waals surface area (Å²) in [5.41, 5.74) is 3.25. The van der Waals surface area contributed by atoms with E-state index >= 15 is 0 Å². The summed E-state index contributed by atoms with van der Waals surface area (Å²) < 4.78 is 16.2. The first-order valence-electron chi connectivity index (χ1n) is 15.6. The third-order valence-corrected chi connectivity index (χ3v) is 8.46. The van der Waals surface area contributed by atoms with Crippen LogP contribution in [-0.4, -0.2) is 35.8 Å². The number of rotatable bonds is 11. The Morgan fingerprint density at radius 1 is 0.818 bits per heavy atom. The zero-order chi connectivity index (χ0) is 30.1. The summed E-state index contributed by atoms with van der Waals surface area (Å²) in [7, 11) is 0. The average Bonchev–Trinajstić information content (AvgIpc) is 3.77. The van der Waals surface area contributed by atoms with Gasteiger partial charge in [0.2, 0.25) is 0 Å². The van der Waals surface area contributed by atoms with Crippen LogP contribution >= 0.6 is 0 Å². The maximum atomic E-state index is 13.3. The topological polar surface area (TPSA) is 121 Å². The van der Waals surface area contributed by atoms with Gasteiger partial charge in [0.05, 0.1) is 41.7 Å². The van der Waals surface area contributed by atoms with Crippen LogP contribution in [0.15, 0.2) is 60.9 Å². The van der Waals surface area contributed by atoms with Crippen molar-refractivity contribution in [1.29, 1.82) is 5.26 Å². The number of hydrogen-bond acceptors (Lipinski definition) is 8. The first-order valence-corrected chi connectivity index (χ1v) is 15.6. The van der Waals surface area contributed by atoms with Crippen molar-refractivity contribution in [2.75, 3.05) is 0 Å². The molecular formula is C34H37N7O3. The number of ketones is 1. The quantitative estimate of drug-likeness (QED) is 0.138. The zero-order valence-electron chi connectivity index (χ0n) is 24.8. The van der Waals surface area contributed by atoms with Crippen molar-refractivity contribution in [3.8, 4) is 17.6 Å². The maximum Gasteiger partial charge on any atom is 0.189 e. The van der Waals surface area contributed by atoms with E-state index in [2.05, 4.69) is 26.7 Å². The van der Waals surface area contributed by atoms with Gasteiger partial charge in [-0.05, 0) is 61.6 Å². The lowest BCUT2D eigenvalue weighted by atomic mass is 9.96. The molecule has 2 aliphatic carbocycles. The van der Waals surface area contributed by atoms with Crippen molar-refractivity contribution in [2.45, 2.75) is 89.5 Å². The molecule has 0 radical (unpaired) electrons. The van der Waals surface area contributed by atoms with Crippen LogP contribution in [-0.2, 0) is 13.2 Å². The first kappa shape index (κ1) is 29.3. The van der Waals surface area contributed by atoms with E-state index in [0.717, 1.165) is 36.9 Å². The van der Waals surface area contributed by atoms with Crippen molar-refractivity contribution in [3.63, 3.8) is 0 Å². The second-order valence-electron chi connectivity index (χ2n) is 11.6. The molecule has 2 aromatic heterocycles. The average molecular weight is 592 g/mol. The maximum absolute atomic E-state index is 13.3. The number of carbonyl (C=O) groups excluding carboxylic acids is 1. The van der Waals surface area contributed by atoms with E-state index in [1.54, 1.807) is 48.5 Å². The highest BCUT2D eigenvalue weighted by atomic mass is 16.5. The highest BCUT2D eigenvalue weighted by Gasteiger charge is 2.19. The Morgan fingerprint density at radius 3 is 2.00 bits per heavy atom. The SMILES string of the molecule is N#Cc1ccc(/C=C/C(=O)c2ccc(OCc3cn(C4CCCCC4)nn3)cc2OCc2cn(C3CCCCC3)nn2)cc1. The van der Waals surface area contributed by atoms with Crippen molar-refractivity contribution in [2.24, 2.45) is 0 Å². The Bertz CT molecular complexity index is 1620. The molecule has 0 spiro atoms. The molecule has 6 rings (SSSR count). The van der Waals surface area contributed by atoms with E-state index in [0.29, 0.717) is 40.4 Å². The Hall–Kier alpha value is -4.78. The Kier molecular flexibility index (Phi) is 9.41. The van der Waals surface area contributed by atoms with Crippen molar-refractivity contribution < 1.29 is 14.3 Å². The largest absolute Gasteiger partial charge is 0.487 e. The van der Waals surface area contributed by atoms with Crippen LogP contribution in [0.2, 0.25) is 0 Å². The predicted molar refractivity (Wildman–Crippen MR) is 164 cm³/mol. The molecule has 44 heavy (non-hydrogen) atoms. The van der Waals surface area contributed by atoms with E-state index in [1.807, 2.05) is 21.8 Å². The van der Waals surface area contributed by atoms with Crippen molar-refractivity contribution in [3.05, 3.63) is 89.0 Å². The number of nitriles is 1. The third kappa shape index (κ3) is 7.40. The smallest absolute Gasteiger partial charge is 0.189 e. The molecule has 2 heterocycles. The molecule has 0 atom stereocenters. The monoisotopic (exact) mass is 591 g/mol. The van der Waals surface area contributed by atoms with Gasteiger partial charge in [0.25, 0.3) is 0 Å². The minimum absolute atomic E-state index is 0.172. The molecule has 10 heteroatoms. The Labute approximate surface area is 257 Å². The molecule has 10 nitrogen and oxygen atoms in total. The van der Waals surface area contributed by atoms with Crippen LogP contribution < -0.4 is 9.47 Å². The van der Waals surface area contributed by atoms with Gasteiger partial charge in [0, 0.05) is 6.07 Å². The van der Waals surface area contributed by atoms with Crippen LogP contribution in [0.1, 0.15) is 109 Å². The van der Waals surface area contributed by atoms with E-state index in [-0.39, 0.29) is 19.0 Å². The second kappa shape index (κ2) is 14.1. The van der Waals surface area contributed by atoms with Gasteiger partial charge in [-0.3, -0.25) is 4.79 Å². The third-order valence-electron chi connectivity index (χ3n) is 8.46. The minimum atomic E-state index is -0.211. The normalized spacial score (nSPS) is 16.2. The predicted octanol–water partition coefficient (Wildman–Crippen LogP) is 6.81. The second-order valence-corrected chi connectivity index (χ2v) is 11.6. The number of aromatic nitrogens is 6. The molecule has 2 aromatic carbocycles. The Balaban J connectivity index is 1.16. The number of carbonyl (C=O) groups is 1. The van der Waals surface area contributed by atoms with Crippen LogP contribution in [0.5, 0.6) is 11.5 Å². The summed E-state index contributed by atoms with van der Waals surface area (Å²) in [5, 5.41) is 26.4. The summed E-state index contributed by atoms with van der Waals surface area (Å²) in [6.45, 7) is 0.430. The fourth-order valence-corrected chi connectivity index (χ4v) is 5.96. The molecule has 0 unspecified atom stereocenters. The van der Waals surface area contributed by atoms with Crippen LogP contribution in [0.4, 0.5) is 0 Å². The molecule has 0 aliphatic heterocycles. The minimum Gasteiger partial charge on any atom is -0.487 e. The first-order chi connectivity index (χ1) is 21.6. The van der Waals surface area contributed by atoms with Crippen molar-refractivity contribution >= 4 is 11.9 Å². The molecule has 0 amide bonds. The number of allylic oxidation sites excluding steroid dienone is 1. The lowest BCUT2D eigenvalue weighted by molar-refractivity contribution is 0.104. The van der Waals surface area contributed by atoms with Gasteiger partial charge in [-0.1, -0.05) is 67.2 Å². The van der Waals surface area contributed by atoms with Gasteiger partial charge in [0.1, 0.15) is 36.1 Å². The number of benzene rings is 2. The molecule has 0 N–H and O–H groups in total. The van der Waals surface area contributed by atoms with Crippen LogP contribution in [0.25, 0.3) is 6.08 Å². The molecule has 2 saturated carbocycles. The zero-order valence-corrected chi connectivity index (χ0v) is 24.8. The summed E-state index contributed by atoms with van der Waals surface area (Å²) in [5.74, 6) is 0.748. The lowest BCUT2D eigenvalue weighted by Gasteiger charge is -2.20. The molecule has 0 saturated heterocycles. The van der Waals surface area contributed by atoms with E-state index in [9.17, 15) is 4.79 Å². The van der Waals surface area contributed by atoms with Gasteiger partial charge < -0.3 is 9.47 Å². The molecule has 0 bridgehead atoms. The van der Waals surface area contributed by atoms with E-state index in [1.165, 1.54) is 44.6 Å². The van der Waals surface area contributed by atoms with Crippen molar-refractivity contribution in [1.82, 2.24) is 30.0 Å². The van der Waals surface area contributed by atoms with E-state index < -0.39 is 0 Å². The highest BCUT2D eigenvalue weighted by Crippen LogP contribution is 2.30. The number of ether oxygens (including phenoxy) is 2. The van der Waals surface area contributed by atoms with Crippen LogP contribution in [0, 0.1) is 11.3 Å². The molecule has 2 fully saturated rings. The fourth-order valence-electron chi connectivity index (χ4n) is 5.96.